The number of β-amino-alcohol motifs (C(OH)–C–C–N with tert-alkyl or cyclic N) is 1. The summed E-state index contributed by atoms with van der Waals surface area (Å²) in [6.07, 6.45) is 0.0594. The molecule has 0 spiro atoms. The maximum Gasteiger partial charge on any atom is 0.237 e. The number of carbonyl (C=O) groups excluding carboxylic acids is 1. The summed E-state index contributed by atoms with van der Waals surface area (Å²) in [4.78, 5) is 11.7. The summed E-state index contributed by atoms with van der Waals surface area (Å²) in [5.41, 5.74) is 1.14. The Kier molecular flexibility index (Phi) is 4.76. The highest BCUT2D eigenvalue weighted by Crippen LogP contribution is 2.11. The van der Waals surface area contributed by atoms with Crippen LogP contribution in [0, 0.1) is 6.92 Å². The van der Waals surface area contributed by atoms with E-state index in [9.17, 15) is 9.90 Å². The van der Waals surface area contributed by atoms with Crippen LogP contribution in [0.4, 0.5) is 0 Å². The van der Waals surface area contributed by atoms with Gasteiger partial charge in [0, 0.05) is 6.54 Å². The molecule has 0 aromatic heterocycles. The van der Waals surface area contributed by atoms with E-state index in [4.69, 9.17) is 4.74 Å². The van der Waals surface area contributed by atoms with E-state index in [1.807, 2.05) is 31.2 Å². The van der Waals surface area contributed by atoms with Gasteiger partial charge in [0.1, 0.15) is 12.4 Å². The van der Waals surface area contributed by atoms with E-state index in [-0.39, 0.29) is 11.9 Å². The number of benzene rings is 1. The van der Waals surface area contributed by atoms with Crippen molar-refractivity contribution in [2.24, 2.45) is 0 Å². The Morgan fingerprint density at radius 3 is 3.11 bits per heavy atom. The SMILES string of the molecule is Cc1cccc(OCCNC(=O)C2CC(O)CN2)c1. The molecule has 1 heterocycles. The molecule has 1 aromatic carbocycles. The van der Waals surface area contributed by atoms with Crippen molar-refractivity contribution >= 4 is 5.91 Å². The second-order valence-corrected chi connectivity index (χ2v) is 4.81. The molecule has 104 valence electrons. The third-order valence-electron chi connectivity index (χ3n) is 3.08. The predicted molar refractivity (Wildman–Crippen MR) is 72.1 cm³/mol. The molecule has 2 rings (SSSR count). The van der Waals surface area contributed by atoms with Gasteiger partial charge in [-0.1, -0.05) is 12.1 Å². The van der Waals surface area contributed by atoms with Gasteiger partial charge < -0.3 is 20.5 Å². The maximum absolute atomic E-state index is 11.7. The van der Waals surface area contributed by atoms with Crippen molar-refractivity contribution in [3.63, 3.8) is 0 Å². The zero-order valence-electron chi connectivity index (χ0n) is 11.1. The van der Waals surface area contributed by atoms with Crippen molar-refractivity contribution in [1.82, 2.24) is 10.6 Å². The molecule has 3 N–H and O–H groups in total. The molecule has 1 aromatic rings. The standard InChI is InChI=1S/C14H20N2O3/c1-10-3-2-4-12(7-10)19-6-5-15-14(18)13-8-11(17)9-16-13/h2-4,7,11,13,16-17H,5-6,8-9H2,1H3,(H,15,18). The number of aryl methyl sites for hydroxylation is 1. The van der Waals surface area contributed by atoms with Crippen LogP contribution in [-0.4, -0.2) is 42.9 Å². The fourth-order valence-corrected chi connectivity index (χ4v) is 2.09. The van der Waals surface area contributed by atoms with Gasteiger partial charge in [-0.3, -0.25) is 4.79 Å². The molecule has 0 saturated carbocycles. The number of hydrogen-bond acceptors (Lipinski definition) is 4. The van der Waals surface area contributed by atoms with E-state index < -0.39 is 6.10 Å². The molecular formula is C14H20N2O3. The normalized spacial score (nSPS) is 22.2. The summed E-state index contributed by atoms with van der Waals surface area (Å²) >= 11 is 0. The van der Waals surface area contributed by atoms with E-state index in [1.165, 1.54) is 0 Å². The monoisotopic (exact) mass is 264 g/mol. The molecule has 1 saturated heterocycles. The molecule has 0 radical (unpaired) electrons. The number of hydrogen-bond donors (Lipinski definition) is 3. The zero-order valence-corrected chi connectivity index (χ0v) is 11.1. The van der Waals surface area contributed by atoms with E-state index in [2.05, 4.69) is 10.6 Å². The largest absolute Gasteiger partial charge is 0.492 e. The lowest BCUT2D eigenvalue weighted by Crippen LogP contribution is -2.41. The highest BCUT2D eigenvalue weighted by Gasteiger charge is 2.27. The van der Waals surface area contributed by atoms with Crippen molar-refractivity contribution in [2.75, 3.05) is 19.7 Å². The first-order valence-corrected chi connectivity index (χ1v) is 6.54. The van der Waals surface area contributed by atoms with Crippen LogP contribution in [0.2, 0.25) is 0 Å². The predicted octanol–water partition coefficient (Wildman–Crippen LogP) is 0.213. The Labute approximate surface area is 113 Å². The van der Waals surface area contributed by atoms with Gasteiger partial charge in [-0.15, -0.1) is 0 Å². The summed E-state index contributed by atoms with van der Waals surface area (Å²) in [6, 6.07) is 7.51. The number of aliphatic hydroxyl groups excluding tert-OH is 1. The van der Waals surface area contributed by atoms with Crippen molar-refractivity contribution in [2.45, 2.75) is 25.5 Å². The third-order valence-corrected chi connectivity index (χ3v) is 3.08. The smallest absolute Gasteiger partial charge is 0.237 e. The van der Waals surface area contributed by atoms with Crippen LogP contribution in [0.3, 0.4) is 0 Å². The fraction of sp³-hybridized carbons (Fsp3) is 0.500. The number of nitrogens with one attached hydrogen (secondary N) is 2. The van der Waals surface area contributed by atoms with Crippen LogP contribution in [0.25, 0.3) is 0 Å². The Morgan fingerprint density at radius 2 is 2.42 bits per heavy atom. The van der Waals surface area contributed by atoms with E-state index in [0.29, 0.717) is 26.1 Å². The average Bonchev–Trinajstić information content (AvgIpc) is 2.81. The van der Waals surface area contributed by atoms with Gasteiger partial charge in [-0.05, 0) is 31.0 Å². The summed E-state index contributed by atoms with van der Waals surface area (Å²) in [6.45, 7) is 3.38. The Morgan fingerprint density at radius 1 is 1.58 bits per heavy atom. The van der Waals surface area contributed by atoms with E-state index >= 15 is 0 Å². The molecule has 1 aliphatic heterocycles. The van der Waals surface area contributed by atoms with Gasteiger partial charge in [0.25, 0.3) is 0 Å². The lowest BCUT2D eigenvalue weighted by molar-refractivity contribution is -0.123. The first kappa shape index (κ1) is 13.8. The zero-order chi connectivity index (χ0) is 13.7. The van der Waals surface area contributed by atoms with Gasteiger partial charge in [0.2, 0.25) is 5.91 Å². The number of amides is 1. The Bertz CT molecular complexity index is 436. The van der Waals surface area contributed by atoms with Crippen LogP contribution in [0.15, 0.2) is 24.3 Å². The number of aliphatic hydroxyl groups is 1. The van der Waals surface area contributed by atoms with Crippen molar-refractivity contribution < 1.29 is 14.6 Å². The molecule has 1 aliphatic rings. The molecule has 2 atom stereocenters. The van der Waals surface area contributed by atoms with Gasteiger partial charge in [0.05, 0.1) is 18.7 Å². The lowest BCUT2D eigenvalue weighted by atomic mass is 10.2. The highest BCUT2D eigenvalue weighted by atomic mass is 16.5. The average molecular weight is 264 g/mol. The molecule has 2 unspecified atom stereocenters. The first-order chi connectivity index (χ1) is 9.15. The minimum Gasteiger partial charge on any atom is -0.492 e. The Balaban J connectivity index is 1.65. The minimum atomic E-state index is -0.417. The van der Waals surface area contributed by atoms with Gasteiger partial charge in [-0.25, -0.2) is 0 Å². The number of rotatable bonds is 5. The van der Waals surface area contributed by atoms with Crippen molar-refractivity contribution in [1.29, 1.82) is 0 Å². The summed E-state index contributed by atoms with van der Waals surface area (Å²) in [5.74, 6) is 0.730. The van der Waals surface area contributed by atoms with Crippen molar-refractivity contribution in [3.8, 4) is 5.75 Å². The molecule has 5 heteroatoms. The van der Waals surface area contributed by atoms with Crippen LogP contribution < -0.4 is 15.4 Å². The topological polar surface area (TPSA) is 70.6 Å². The number of ether oxygens (including phenoxy) is 1. The second kappa shape index (κ2) is 6.54. The van der Waals surface area contributed by atoms with Crippen LogP contribution in [0.5, 0.6) is 5.75 Å². The van der Waals surface area contributed by atoms with Crippen LogP contribution >= 0.6 is 0 Å². The molecule has 5 nitrogen and oxygen atoms in total. The molecule has 0 bridgehead atoms. The summed E-state index contributed by atoms with van der Waals surface area (Å²) < 4.78 is 5.54. The minimum absolute atomic E-state index is 0.0793. The third kappa shape index (κ3) is 4.22. The van der Waals surface area contributed by atoms with Gasteiger partial charge in [0.15, 0.2) is 0 Å². The second-order valence-electron chi connectivity index (χ2n) is 4.81. The van der Waals surface area contributed by atoms with Gasteiger partial charge >= 0.3 is 0 Å². The molecular weight excluding hydrogens is 244 g/mol. The van der Waals surface area contributed by atoms with Crippen molar-refractivity contribution in [3.05, 3.63) is 29.8 Å². The quantitative estimate of drug-likeness (QED) is 0.665. The highest BCUT2D eigenvalue weighted by molar-refractivity contribution is 5.82. The molecule has 1 amide bonds. The first-order valence-electron chi connectivity index (χ1n) is 6.54. The van der Waals surface area contributed by atoms with Gasteiger partial charge in [-0.2, -0.15) is 0 Å². The summed E-state index contributed by atoms with van der Waals surface area (Å²) in [7, 11) is 0. The Hall–Kier alpha value is -1.59. The van der Waals surface area contributed by atoms with Crippen LogP contribution in [0.1, 0.15) is 12.0 Å². The summed E-state index contributed by atoms with van der Waals surface area (Å²) in [5, 5.41) is 15.1. The number of carbonyl (C=O) groups is 1. The van der Waals surface area contributed by atoms with E-state index in [0.717, 1.165) is 11.3 Å². The van der Waals surface area contributed by atoms with E-state index in [1.54, 1.807) is 0 Å². The lowest BCUT2D eigenvalue weighted by Gasteiger charge is -2.11. The molecule has 19 heavy (non-hydrogen) atoms. The maximum atomic E-state index is 11.7. The van der Waals surface area contributed by atoms with Crippen LogP contribution in [-0.2, 0) is 4.79 Å². The fourth-order valence-electron chi connectivity index (χ4n) is 2.09. The molecule has 0 aliphatic carbocycles. The molecule has 1 fully saturated rings.